The minimum Gasteiger partial charge on any atom is -0.207 e. The maximum atomic E-state index is 15.4. The summed E-state index contributed by atoms with van der Waals surface area (Å²) in [5, 5.41) is 0. The average molecular weight is 864 g/mol. The van der Waals surface area contributed by atoms with Gasteiger partial charge in [-0.3, -0.25) is 0 Å². The molecule has 0 aromatic heterocycles. The molecule has 0 amide bonds. The molecule has 0 fully saturated rings. The first-order chi connectivity index (χ1) is 25.9. The molecule has 0 saturated carbocycles. The minimum absolute atomic E-state index is 0.502. The molecule has 0 saturated heterocycles. The van der Waals surface area contributed by atoms with Crippen LogP contribution in [-0.2, 0) is 16.6 Å². The lowest BCUT2D eigenvalue weighted by Crippen LogP contribution is -2.81. The van der Waals surface area contributed by atoms with E-state index in [0.29, 0.717) is 10.9 Å². The van der Waals surface area contributed by atoms with Crippen molar-refractivity contribution in [2.75, 3.05) is 12.5 Å². The van der Waals surface area contributed by atoms with Crippen molar-refractivity contribution >= 4 is 51.5 Å². The van der Waals surface area contributed by atoms with Crippen LogP contribution in [0.5, 0.6) is 0 Å². The quantitative estimate of drug-likeness (QED) is 0.0437. The molecule has 0 spiro atoms. The first-order valence-corrected chi connectivity index (χ1v) is 17.1. The van der Waals surface area contributed by atoms with Crippen LogP contribution in [0.1, 0.15) is 5.56 Å². The van der Waals surface area contributed by atoms with Crippen LogP contribution in [0, 0.1) is 116 Å². The van der Waals surface area contributed by atoms with Gasteiger partial charge in [0, 0.05) is 10.5 Å². The summed E-state index contributed by atoms with van der Waals surface area (Å²) in [5.74, 6) is -70.2. The Morgan fingerprint density at radius 3 is 0.696 bits per heavy atom. The van der Waals surface area contributed by atoms with Crippen molar-refractivity contribution in [3.05, 3.63) is 146 Å². The zero-order valence-electron chi connectivity index (χ0n) is 27.0. The largest absolute Gasteiger partial charge is 0.207 e. The number of benzene rings is 5. The number of hydrogen-bond donors (Lipinski definition) is 1. The normalized spacial score (nSPS) is 11.7. The van der Waals surface area contributed by atoms with Crippen LogP contribution in [0.25, 0.3) is 0 Å². The predicted molar refractivity (Wildman–Crippen MR) is 166 cm³/mol. The summed E-state index contributed by atoms with van der Waals surface area (Å²) in [6.45, 7) is 0. The number of hydrogen-bond acceptors (Lipinski definition) is 1. The highest BCUT2D eigenvalue weighted by Gasteiger charge is 2.52. The lowest BCUT2D eigenvalue weighted by Gasteiger charge is -2.44. The van der Waals surface area contributed by atoms with Crippen LogP contribution in [0.2, 0.25) is 0 Å². The summed E-state index contributed by atoms with van der Waals surface area (Å²) >= 11 is 4.22. The second kappa shape index (κ2) is 16.1. The Hall–Kier alpha value is -4.54. The van der Waals surface area contributed by atoms with E-state index in [1.165, 1.54) is 11.3 Å². The predicted octanol–water partition coefficient (Wildman–Crippen LogP) is 8.20. The zero-order valence-corrected chi connectivity index (χ0v) is 28.7. The maximum Gasteiger partial charge on any atom is 0.200 e. The second-order valence-corrected chi connectivity index (χ2v) is 14.4. The van der Waals surface area contributed by atoms with E-state index >= 15 is 35.1 Å². The van der Waals surface area contributed by atoms with E-state index in [1.54, 1.807) is 0 Å². The molecule has 0 atom stereocenters. The Kier molecular flexibility index (Phi) is 12.7. The van der Waals surface area contributed by atoms with Gasteiger partial charge < -0.3 is 0 Å². The standard InChI is InChI=1S/C24BF20.C9H12S2/c26-5-1(6(27)14(35)21(42)13(5)34)25(2-7(28)15(36)22(43)16(37)8(2)29,3-9(30)17(38)23(44)18(39)10(3)31)4-11(32)19(40)24(45)20(41)12(4)33;1-11(2)7-8-3-5-9(10)6-4-8/h;3-6H,7H2,1-2H3/q-1;/p+1. The third kappa shape index (κ3) is 6.93. The van der Waals surface area contributed by atoms with Crippen LogP contribution in [0.15, 0.2) is 29.2 Å². The molecule has 300 valence electrons. The zero-order chi connectivity index (χ0) is 42.6. The van der Waals surface area contributed by atoms with Gasteiger partial charge in [-0.05, 0) is 23.0 Å². The highest BCUT2D eigenvalue weighted by atomic mass is 32.2. The van der Waals surface area contributed by atoms with E-state index in [0.717, 1.165) is 4.90 Å². The third-order valence-corrected chi connectivity index (χ3v) is 9.31. The lowest BCUT2D eigenvalue weighted by molar-refractivity contribution is 0.378. The van der Waals surface area contributed by atoms with Crippen LogP contribution >= 0.6 is 12.6 Å². The van der Waals surface area contributed by atoms with Crippen molar-refractivity contribution in [2.45, 2.75) is 10.6 Å². The van der Waals surface area contributed by atoms with Gasteiger partial charge >= 0.3 is 0 Å². The highest BCUT2D eigenvalue weighted by molar-refractivity contribution is 7.94. The van der Waals surface area contributed by atoms with Crippen molar-refractivity contribution in [1.29, 1.82) is 0 Å². The molecule has 23 heteroatoms. The van der Waals surface area contributed by atoms with Gasteiger partial charge in [0.1, 0.15) is 58.4 Å². The molecular weight excluding hydrogens is 851 g/mol. The van der Waals surface area contributed by atoms with Gasteiger partial charge in [-0.15, -0.1) is 34.5 Å². The Labute approximate surface area is 308 Å². The smallest absolute Gasteiger partial charge is 0.200 e. The molecule has 0 aliphatic rings. The Bertz CT molecular complexity index is 2000. The van der Waals surface area contributed by atoms with Gasteiger partial charge in [-0.25, -0.2) is 87.8 Å². The number of rotatable bonds is 6. The van der Waals surface area contributed by atoms with Crippen molar-refractivity contribution in [1.82, 2.24) is 0 Å². The van der Waals surface area contributed by atoms with Gasteiger partial charge in [0.05, 0.1) is 12.5 Å². The summed E-state index contributed by atoms with van der Waals surface area (Å²) in [6, 6.07) is 8.39. The van der Waals surface area contributed by atoms with Gasteiger partial charge in [0.25, 0.3) is 0 Å². The fourth-order valence-electron chi connectivity index (χ4n) is 5.80. The fourth-order valence-corrected chi connectivity index (χ4v) is 6.81. The van der Waals surface area contributed by atoms with Gasteiger partial charge in [0.2, 0.25) is 0 Å². The van der Waals surface area contributed by atoms with Crippen LogP contribution in [0.4, 0.5) is 87.8 Å². The molecule has 0 N–H and O–H groups in total. The molecule has 0 bridgehead atoms. The fraction of sp³-hybridized carbons (Fsp3) is 0.0909. The van der Waals surface area contributed by atoms with Crippen LogP contribution in [-0.4, -0.2) is 18.7 Å². The molecule has 0 aliphatic carbocycles. The Morgan fingerprint density at radius 1 is 0.339 bits per heavy atom. The SMILES string of the molecule is C[S+](C)Cc1ccc(S)cc1.Fc1c(F)c(F)c([B-](c2c(F)c(F)c(F)c(F)c2F)(c2c(F)c(F)c(F)c(F)c2F)c2c(F)c(F)c(F)c(F)c2F)c(F)c1F. The Morgan fingerprint density at radius 2 is 0.518 bits per heavy atom. The van der Waals surface area contributed by atoms with Crippen molar-refractivity contribution < 1.29 is 87.8 Å². The topological polar surface area (TPSA) is 0 Å². The van der Waals surface area contributed by atoms with E-state index in [2.05, 4.69) is 37.3 Å². The van der Waals surface area contributed by atoms with E-state index in [4.69, 9.17) is 0 Å². The van der Waals surface area contributed by atoms with Crippen LogP contribution < -0.4 is 21.9 Å². The molecule has 56 heavy (non-hydrogen) atoms. The summed E-state index contributed by atoms with van der Waals surface area (Å²) in [5.41, 5.74) is -12.9. The molecule has 0 aliphatic heterocycles. The van der Waals surface area contributed by atoms with Gasteiger partial charge in [-0.1, -0.05) is 12.1 Å². The van der Waals surface area contributed by atoms with Gasteiger partial charge in [0.15, 0.2) is 69.8 Å². The first-order valence-electron chi connectivity index (χ1n) is 14.4. The van der Waals surface area contributed by atoms with E-state index in [9.17, 15) is 52.7 Å². The maximum absolute atomic E-state index is 15.4. The van der Waals surface area contributed by atoms with Crippen molar-refractivity contribution in [3.8, 4) is 0 Å². The molecule has 5 rings (SSSR count). The van der Waals surface area contributed by atoms with E-state index in [1.807, 2.05) is 12.1 Å². The average Bonchev–Trinajstić information content (AvgIpc) is 3.15. The molecule has 0 radical (unpaired) electrons. The highest BCUT2D eigenvalue weighted by Crippen LogP contribution is 2.30. The summed E-state index contributed by atoms with van der Waals surface area (Å²) in [4.78, 5) is 1.04. The van der Waals surface area contributed by atoms with E-state index < -0.39 is 144 Å². The van der Waals surface area contributed by atoms with E-state index in [-0.39, 0.29) is 0 Å². The molecule has 5 aromatic carbocycles. The second-order valence-electron chi connectivity index (χ2n) is 11.6. The first kappa shape index (κ1) is 44.2. The molecule has 5 aromatic rings. The summed E-state index contributed by atoms with van der Waals surface area (Å²) in [6.07, 6.45) is -2.70. The van der Waals surface area contributed by atoms with Crippen molar-refractivity contribution in [2.24, 2.45) is 0 Å². The number of thiol groups is 1. The molecule has 0 heterocycles. The molecule has 0 unspecified atom stereocenters. The van der Waals surface area contributed by atoms with Gasteiger partial charge in [-0.2, -0.15) is 0 Å². The summed E-state index contributed by atoms with van der Waals surface area (Å²) in [7, 11) is 0.502. The Balaban J connectivity index is 0.000000544. The lowest BCUT2D eigenvalue weighted by atomic mass is 9.12. The molecule has 0 nitrogen and oxygen atoms in total. The monoisotopic (exact) mass is 864 g/mol. The molecular formula is C33H13BF20S2. The van der Waals surface area contributed by atoms with Crippen molar-refractivity contribution in [3.63, 3.8) is 0 Å². The minimum atomic E-state index is -7.22. The third-order valence-electron chi connectivity index (χ3n) is 8.10. The van der Waals surface area contributed by atoms with Crippen LogP contribution in [0.3, 0.4) is 0 Å². The summed E-state index contributed by atoms with van der Waals surface area (Å²) < 4.78 is 294. The number of halogens is 20.